The maximum atomic E-state index is 14.9. The van der Waals surface area contributed by atoms with Crippen molar-refractivity contribution in [3.05, 3.63) is 23.9 Å². The van der Waals surface area contributed by atoms with Gasteiger partial charge in [-0.1, -0.05) is 60.5 Å². The van der Waals surface area contributed by atoms with Gasteiger partial charge in [-0.15, -0.1) is 6.58 Å². The molecule has 1 spiro atoms. The number of hydrogen-bond donors (Lipinski definition) is 4. The molecule has 0 aromatic rings. The normalized spacial score (nSPS) is 25.4. The van der Waals surface area contributed by atoms with Gasteiger partial charge in [0.1, 0.15) is 11.7 Å². The zero-order valence-electron chi connectivity index (χ0n) is 33.2. The van der Waals surface area contributed by atoms with E-state index in [9.17, 15) is 33.6 Å². The first-order valence-corrected chi connectivity index (χ1v) is 20.1. The summed E-state index contributed by atoms with van der Waals surface area (Å²) in [6, 6.07) is -3.14. The van der Waals surface area contributed by atoms with E-state index in [-0.39, 0.29) is 67.1 Å². The number of hydrogen-bond acceptors (Lipinski definition) is 7. The van der Waals surface area contributed by atoms with E-state index in [1.165, 1.54) is 11.0 Å². The van der Waals surface area contributed by atoms with Crippen LogP contribution in [0.3, 0.4) is 0 Å². The van der Waals surface area contributed by atoms with Gasteiger partial charge in [-0.25, -0.2) is 4.79 Å². The predicted molar refractivity (Wildman–Crippen MR) is 203 cm³/mol. The Bertz CT molecular complexity index is 1540. The Balaban J connectivity index is 1.39. The second-order valence-electron chi connectivity index (χ2n) is 18.3. The van der Waals surface area contributed by atoms with Crippen LogP contribution in [0, 0.1) is 28.1 Å². The van der Waals surface area contributed by atoms with Crippen LogP contribution in [0.1, 0.15) is 125 Å². The summed E-state index contributed by atoms with van der Waals surface area (Å²) in [6.07, 6.45) is 10.6. The van der Waals surface area contributed by atoms with Crippen LogP contribution in [0.2, 0.25) is 0 Å². The molecule has 5 fully saturated rings. The number of allylic oxidation sites excluding steroid dienone is 1. The number of amides is 7. The largest absolute Gasteiger partial charge is 0.346 e. The van der Waals surface area contributed by atoms with Crippen molar-refractivity contribution in [3.8, 4) is 0 Å². The van der Waals surface area contributed by atoms with Crippen LogP contribution in [-0.2, 0) is 28.8 Å². The molecule has 3 aliphatic carbocycles. The first kappa shape index (κ1) is 41.1. The molecule has 13 nitrogen and oxygen atoms in total. The number of nitrogens with one attached hydrogen (secondary N) is 4. The first-order valence-electron chi connectivity index (χ1n) is 20.1. The maximum absolute atomic E-state index is 14.9. The Labute approximate surface area is 320 Å². The summed E-state index contributed by atoms with van der Waals surface area (Å²) in [5.74, 6) is -2.95. The third-order valence-electron chi connectivity index (χ3n) is 12.5. The minimum absolute atomic E-state index is 0.00753. The fourth-order valence-electron chi connectivity index (χ4n) is 9.22. The lowest BCUT2D eigenvalue weighted by molar-refractivity contribution is -0.153. The van der Waals surface area contributed by atoms with Crippen molar-refractivity contribution in [1.82, 2.24) is 31.1 Å². The van der Waals surface area contributed by atoms with E-state index in [0.717, 1.165) is 50.5 Å². The van der Waals surface area contributed by atoms with E-state index in [0.29, 0.717) is 25.8 Å². The number of carbonyl (C=O) groups excluding carboxylic acids is 7. The number of carbonyl (C=O) groups is 7. The van der Waals surface area contributed by atoms with Crippen LogP contribution in [0.15, 0.2) is 23.9 Å². The molecule has 0 aromatic heterocycles. The third kappa shape index (κ3) is 9.08. The number of piperidine rings is 1. The Morgan fingerprint density at radius 3 is 2.19 bits per heavy atom. The van der Waals surface area contributed by atoms with Crippen molar-refractivity contribution >= 4 is 41.4 Å². The van der Waals surface area contributed by atoms with Gasteiger partial charge in [0.25, 0.3) is 11.8 Å². The van der Waals surface area contributed by atoms with Gasteiger partial charge in [-0.2, -0.15) is 0 Å². The number of nitrogens with zero attached hydrogens (tertiary/aromatic N) is 2. The Morgan fingerprint density at radius 1 is 0.963 bits per heavy atom. The topological polar surface area (TPSA) is 174 Å². The van der Waals surface area contributed by atoms with Crippen molar-refractivity contribution in [3.63, 3.8) is 0 Å². The van der Waals surface area contributed by atoms with Crippen molar-refractivity contribution in [1.29, 1.82) is 0 Å². The Morgan fingerprint density at radius 2 is 1.61 bits per heavy atom. The number of Topliss-reactive ketones (excluding diaryl/α,β-unsaturated/α-hetero) is 1. The summed E-state index contributed by atoms with van der Waals surface area (Å²) in [6.45, 7) is 15.5. The van der Waals surface area contributed by atoms with E-state index in [2.05, 4.69) is 27.8 Å². The number of urea groups is 1. The molecular formula is C41H62N6O7. The van der Waals surface area contributed by atoms with Crippen molar-refractivity contribution < 1.29 is 33.6 Å². The number of imide groups is 1. The minimum Gasteiger partial charge on any atom is -0.346 e. The highest BCUT2D eigenvalue weighted by atomic mass is 16.2. The third-order valence-corrected chi connectivity index (χ3v) is 12.5. The molecule has 0 aromatic carbocycles. The lowest BCUT2D eigenvalue weighted by Crippen LogP contribution is -2.58. The van der Waals surface area contributed by atoms with Gasteiger partial charge in [0, 0.05) is 32.5 Å². The summed E-state index contributed by atoms with van der Waals surface area (Å²) in [7, 11) is 0. The van der Waals surface area contributed by atoms with Crippen LogP contribution >= 0.6 is 0 Å². The van der Waals surface area contributed by atoms with Gasteiger partial charge in [-0.05, 0) is 91.4 Å². The second kappa shape index (κ2) is 16.4. The molecule has 298 valence electrons. The monoisotopic (exact) mass is 750 g/mol. The molecule has 1 unspecified atom stereocenters. The molecule has 7 amide bonds. The molecule has 4 N–H and O–H groups in total. The summed E-state index contributed by atoms with van der Waals surface area (Å²) in [4.78, 5) is 98.0. The molecule has 2 aliphatic heterocycles. The Kier molecular flexibility index (Phi) is 12.5. The zero-order chi connectivity index (χ0) is 39.6. The SMILES string of the molecule is C=CCNC(=O)C(=O)C(CCC)NC(=O)[C@@H]1[C@H]2CCC3(CC3)[C@H]2CN1C(=O)C(NC(=O)N[C@H](CN1C(=O)CC(C)(C)CC1=O)C(C)(C)C)=C1CCCCC1. The molecule has 3 saturated carbocycles. The van der Waals surface area contributed by atoms with Crippen molar-refractivity contribution in [2.45, 2.75) is 143 Å². The van der Waals surface area contributed by atoms with Gasteiger partial charge in [-0.3, -0.25) is 33.7 Å². The van der Waals surface area contributed by atoms with E-state index in [1.54, 1.807) is 4.90 Å². The molecule has 2 saturated heterocycles. The van der Waals surface area contributed by atoms with Gasteiger partial charge < -0.3 is 26.2 Å². The average molecular weight is 751 g/mol. The smallest absolute Gasteiger partial charge is 0.319 e. The second-order valence-corrected chi connectivity index (χ2v) is 18.3. The summed E-state index contributed by atoms with van der Waals surface area (Å²) >= 11 is 0. The molecule has 2 heterocycles. The predicted octanol–water partition coefficient (Wildman–Crippen LogP) is 4.27. The van der Waals surface area contributed by atoms with Gasteiger partial charge >= 0.3 is 6.03 Å². The number of likely N-dealkylation sites (tertiary alicyclic amines) is 2. The highest BCUT2D eigenvalue weighted by Gasteiger charge is 2.63. The van der Waals surface area contributed by atoms with E-state index < -0.39 is 58.5 Å². The number of rotatable bonds is 13. The summed E-state index contributed by atoms with van der Waals surface area (Å²) < 4.78 is 0. The summed E-state index contributed by atoms with van der Waals surface area (Å²) in [5, 5.41) is 11.3. The van der Waals surface area contributed by atoms with E-state index in [1.807, 2.05) is 41.5 Å². The molecule has 0 bridgehead atoms. The molecule has 5 aliphatic rings. The average Bonchev–Trinajstić information content (AvgIpc) is 3.67. The van der Waals surface area contributed by atoms with E-state index >= 15 is 0 Å². The van der Waals surface area contributed by atoms with Crippen LogP contribution in [0.5, 0.6) is 0 Å². The number of fused-ring (bicyclic) bond motifs is 2. The number of ketones is 1. The highest BCUT2D eigenvalue weighted by molar-refractivity contribution is 6.38. The zero-order valence-corrected chi connectivity index (χ0v) is 33.2. The lowest BCUT2D eigenvalue weighted by Gasteiger charge is -2.39. The molecule has 5 rings (SSSR count). The first-order chi connectivity index (χ1) is 25.4. The molecule has 54 heavy (non-hydrogen) atoms. The van der Waals surface area contributed by atoms with Crippen molar-refractivity contribution in [2.75, 3.05) is 19.6 Å². The quantitative estimate of drug-likeness (QED) is 0.0942. The van der Waals surface area contributed by atoms with Gasteiger partial charge in [0.2, 0.25) is 23.5 Å². The molecule has 5 atom stereocenters. The van der Waals surface area contributed by atoms with E-state index in [4.69, 9.17) is 0 Å². The fourth-order valence-corrected chi connectivity index (χ4v) is 9.22. The van der Waals surface area contributed by atoms with Crippen LogP contribution in [0.4, 0.5) is 4.79 Å². The van der Waals surface area contributed by atoms with Gasteiger partial charge in [0.05, 0.1) is 12.1 Å². The molecule has 0 radical (unpaired) electrons. The minimum atomic E-state index is -1.04. The maximum Gasteiger partial charge on any atom is 0.319 e. The summed E-state index contributed by atoms with van der Waals surface area (Å²) in [5.41, 5.74) is 0.119. The van der Waals surface area contributed by atoms with Gasteiger partial charge in [0.15, 0.2) is 0 Å². The Hall–Kier alpha value is -4.03. The highest BCUT2D eigenvalue weighted by Crippen LogP contribution is 2.66. The standard InChI is InChI=1S/C41H62N6O7/c1-8-13-28(34(50)36(52)42-20-9-2)43-35(51)33-26-16-17-41(18-19-41)27(26)23-47(33)37(53)32(25-14-11-10-12-15-25)45-38(54)44-29(39(3,4)5)24-46-30(48)21-40(6,7)22-31(46)49/h9,26-29,33H,2,8,10-24H2,1,3-7H3,(H,42,52)(H,43,51)(H2,44,45,54)/t26-,27-,28?,29+,33-/m0/s1. The fraction of sp³-hybridized carbons (Fsp3) is 0.732. The van der Waals surface area contributed by atoms with Crippen molar-refractivity contribution in [2.24, 2.45) is 28.1 Å². The molecule has 13 heteroatoms. The van der Waals surface area contributed by atoms with Crippen LogP contribution in [-0.4, -0.2) is 88.9 Å². The lowest BCUT2D eigenvalue weighted by atomic mass is 9.80. The van der Waals surface area contributed by atoms with Crippen LogP contribution < -0.4 is 21.3 Å². The molecular weight excluding hydrogens is 688 g/mol. The van der Waals surface area contributed by atoms with Crippen LogP contribution in [0.25, 0.3) is 0 Å².